The van der Waals surface area contributed by atoms with Crippen LogP contribution >= 0.6 is 11.6 Å². The van der Waals surface area contributed by atoms with Gasteiger partial charge in [0.05, 0.1) is 6.20 Å². The van der Waals surface area contributed by atoms with Gasteiger partial charge in [-0.05, 0) is 29.2 Å². The Kier molecular flexibility index (Phi) is 5.73. The third kappa shape index (κ3) is 4.04. The van der Waals surface area contributed by atoms with Gasteiger partial charge in [0.1, 0.15) is 6.04 Å². The number of aromatic nitrogens is 3. The fourth-order valence-corrected chi connectivity index (χ4v) is 4.73. The summed E-state index contributed by atoms with van der Waals surface area (Å²) in [4.78, 5) is 15.0. The zero-order valence-electron chi connectivity index (χ0n) is 17.5. The van der Waals surface area contributed by atoms with E-state index in [9.17, 15) is 4.79 Å². The minimum absolute atomic E-state index is 0.0920. The lowest BCUT2D eigenvalue weighted by Gasteiger charge is -2.18. The zero-order valence-corrected chi connectivity index (χ0v) is 18.3. The van der Waals surface area contributed by atoms with Crippen LogP contribution in [-0.2, 0) is 0 Å². The number of nitrogens with zero attached hydrogens (tertiary/aromatic N) is 4. The molecule has 160 valence electrons. The van der Waals surface area contributed by atoms with E-state index in [1.165, 1.54) is 0 Å². The Balaban J connectivity index is 1.39. The summed E-state index contributed by atoms with van der Waals surface area (Å²) in [6.07, 6.45) is 2.65. The number of amides is 1. The van der Waals surface area contributed by atoms with E-state index in [0.29, 0.717) is 18.8 Å². The summed E-state index contributed by atoms with van der Waals surface area (Å²) in [5.41, 5.74) is 3.63. The summed E-state index contributed by atoms with van der Waals surface area (Å²) in [5, 5.41) is 9.35. The van der Waals surface area contributed by atoms with Crippen LogP contribution in [0.3, 0.4) is 0 Å². The summed E-state index contributed by atoms with van der Waals surface area (Å²) in [6.45, 7) is 1.32. The van der Waals surface area contributed by atoms with E-state index in [0.717, 1.165) is 28.1 Å². The maximum Gasteiger partial charge on any atom is 0.276 e. The Morgan fingerprint density at radius 2 is 1.53 bits per heavy atom. The number of carbonyl (C=O) groups excluding carboxylic acids is 1. The van der Waals surface area contributed by atoms with Crippen molar-refractivity contribution in [3.8, 4) is 0 Å². The smallest absolute Gasteiger partial charge is 0.276 e. The second-order valence-corrected chi connectivity index (χ2v) is 8.47. The molecule has 0 spiro atoms. The van der Waals surface area contributed by atoms with E-state index in [2.05, 4.69) is 34.6 Å². The molecule has 1 saturated heterocycles. The molecule has 1 atom stereocenters. The van der Waals surface area contributed by atoms with Crippen molar-refractivity contribution in [3.63, 3.8) is 0 Å². The number of benzene rings is 3. The van der Waals surface area contributed by atoms with Gasteiger partial charge in [-0.15, -0.1) is 5.10 Å². The van der Waals surface area contributed by atoms with Crippen molar-refractivity contribution < 1.29 is 4.79 Å². The van der Waals surface area contributed by atoms with Gasteiger partial charge in [-0.25, -0.2) is 4.68 Å². The summed E-state index contributed by atoms with van der Waals surface area (Å²) in [7, 11) is 0. The van der Waals surface area contributed by atoms with Gasteiger partial charge in [-0.3, -0.25) is 4.79 Å². The standard InChI is InChI=1S/C26H23ClN4O/c27-23-14-8-7-13-22(23)21-15-16-30(17-21)26(32)24-18-31(29-28-24)25(19-9-3-1-4-10-19)20-11-5-2-6-12-20/h1-14,18,21,25H,15-17H2/t21-/m1/s1. The second-order valence-electron chi connectivity index (χ2n) is 8.07. The fourth-order valence-electron chi connectivity index (χ4n) is 4.44. The van der Waals surface area contributed by atoms with Gasteiger partial charge in [-0.2, -0.15) is 0 Å². The van der Waals surface area contributed by atoms with Crippen molar-refractivity contribution in [1.82, 2.24) is 19.9 Å². The van der Waals surface area contributed by atoms with Crippen molar-refractivity contribution >= 4 is 17.5 Å². The van der Waals surface area contributed by atoms with Crippen LogP contribution in [0.25, 0.3) is 0 Å². The van der Waals surface area contributed by atoms with Crippen LogP contribution in [0.1, 0.15) is 45.6 Å². The molecule has 6 heteroatoms. The van der Waals surface area contributed by atoms with Gasteiger partial charge in [0.2, 0.25) is 0 Å². The van der Waals surface area contributed by atoms with Crippen molar-refractivity contribution in [2.45, 2.75) is 18.4 Å². The maximum atomic E-state index is 13.2. The van der Waals surface area contributed by atoms with Crippen LogP contribution in [-0.4, -0.2) is 38.9 Å². The van der Waals surface area contributed by atoms with E-state index < -0.39 is 0 Å². The van der Waals surface area contributed by atoms with E-state index in [-0.39, 0.29) is 17.9 Å². The van der Waals surface area contributed by atoms with E-state index in [1.54, 1.807) is 10.9 Å². The first-order valence-corrected chi connectivity index (χ1v) is 11.1. The Labute approximate surface area is 192 Å². The van der Waals surface area contributed by atoms with Crippen molar-refractivity contribution in [2.24, 2.45) is 0 Å². The first kappa shape index (κ1) is 20.5. The molecular formula is C26H23ClN4O. The summed E-state index contributed by atoms with van der Waals surface area (Å²) >= 11 is 6.37. The molecule has 0 aliphatic carbocycles. The number of rotatable bonds is 5. The fraction of sp³-hybridized carbons (Fsp3) is 0.192. The quantitative estimate of drug-likeness (QED) is 0.427. The van der Waals surface area contributed by atoms with Gasteiger partial charge >= 0.3 is 0 Å². The molecule has 1 aliphatic rings. The molecular weight excluding hydrogens is 420 g/mol. The van der Waals surface area contributed by atoms with E-state index in [4.69, 9.17) is 11.6 Å². The molecule has 2 heterocycles. The molecule has 0 N–H and O–H groups in total. The predicted molar refractivity (Wildman–Crippen MR) is 125 cm³/mol. The summed E-state index contributed by atoms with van der Waals surface area (Å²) in [6, 6.07) is 28.0. The molecule has 1 amide bonds. The van der Waals surface area contributed by atoms with Crippen LogP contribution in [0.15, 0.2) is 91.1 Å². The third-order valence-electron chi connectivity index (χ3n) is 6.05. The lowest BCUT2D eigenvalue weighted by atomic mass is 9.98. The largest absolute Gasteiger partial charge is 0.337 e. The average molecular weight is 443 g/mol. The molecule has 0 saturated carbocycles. The Morgan fingerprint density at radius 3 is 2.19 bits per heavy atom. The van der Waals surface area contributed by atoms with Crippen LogP contribution in [0.5, 0.6) is 0 Å². The third-order valence-corrected chi connectivity index (χ3v) is 6.39. The first-order chi connectivity index (χ1) is 15.7. The lowest BCUT2D eigenvalue weighted by Crippen LogP contribution is -2.28. The van der Waals surface area contributed by atoms with Crippen LogP contribution in [0, 0.1) is 0 Å². The molecule has 1 aromatic heterocycles. The molecule has 0 unspecified atom stereocenters. The van der Waals surface area contributed by atoms with E-state index >= 15 is 0 Å². The van der Waals surface area contributed by atoms with Crippen LogP contribution < -0.4 is 0 Å². The maximum absolute atomic E-state index is 13.2. The first-order valence-electron chi connectivity index (χ1n) is 10.8. The Hall–Kier alpha value is -3.44. The van der Waals surface area contributed by atoms with Gasteiger partial charge in [0, 0.05) is 24.0 Å². The predicted octanol–water partition coefficient (Wildman–Crippen LogP) is 5.20. The number of hydrogen-bond acceptors (Lipinski definition) is 3. The van der Waals surface area contributed by atoms with Gasteiger partial charge in [-0.1, -0.05) is 95.7 Å². The molecule has 0 bridgehead atoms. The van der Waals surface area contributed by atoms with Crippen molar-refractivity contribution in [1.29, 1.82) is 0 Å². The highest BCUT2D eigenvalue weighted by atomic mass is 35.5. The second kappa shape index (κ2) is 8.97. The molecule has 5 nitrogen and oxygen atoms in total. The highest BCUT2D eigenvalue weighted by Gasteiger charge is 2.31. The minimum Gasteiger partial charge on any atom is -0.337 e. The van der Waals surface area contributed by atoms with Crippen LogP contribution in [0.4, 0.5) is 0 Å². The molecule has 0 radical (unpaired) electrons. The molecule has 3 aromatic carbocycles. The van der Waals surface area contributed by atoms with Gasteiger partial charge in [0.15, 0.2) is 5.69 Å². The van der Waals surface area contributed by atoms with Crippen molar-refractivity contribution in [2.75, 3.05) is 13.1 Å². The minimum atomic E-state index is -0.152. The highest BCUT2D eigenvalue weighted by molar-refractivity contribution is 6.31. The number of halogens is 1. The zero-order chi connectivity index (χ0) is 21.9. The normalized spacial score (nSPS) is 15.9. The topological polar surface area (TPSA) is 51.0 Å². The van der Waals surface area contributed by atoms with Gasteiger partial charge in [0.25, 0.3) is 5.91 Å². The molecule has 4 aromatic rings. The summed E-state index contributed by atoms with van der Waals surface area (Å²) in [5.74, 6) is 0.148. The SMILES string of the molecule is O=C(c1cn(C(c2ccccc2)c2ccccc2)nn1)N1CC[C@@H](c2ccccc2Cl)C1. The van der Waals surface area contributed by atoms with Crippen LogP contribution in [0.2, 0.25) is 5.02 Å². The number of carbonyl (C=O) groups is 1. The Morgan fingerprint density at radius 1 is 0.906 bits per heavy atom. The number of hydrogen-bond donors (Lipinski definition) is 0. The highest BCUT2D eigenvalue weighted by Crippen LogP contribution is 2.32. The lowest BCUT2D eigenvalue weighted by molar-refractivity contribution is 0.0785. The monoisotopic (exact) mass is 442 g/mol. The molecule has 1 fully saturated rings. The average Bonchev–Trinajstić information content (AvgIpc) is 3.51. The number of likely N-dealkylation sites (tertiary alicyclic amines) is 1. The Bertz CT molecular complexity index is 1170. The molecule has 5 rings (SSSR count). The molecule has 32 heavy (non-hydrogen) atoms. The van der Waals surface area contributed by atoms with E-state index in [1.807, 2.05) is 65.6 Å². The van der Waals surface area contributed by atoms with Crippen molar-refractivity contribution in [3.05, 3.63) is 119 Å². The molecule has 1 aliphatic heterocycles. The summed E-state index contributed by atoms with van der Waals surface area (Å²) < 4.78 is 1.78. The van der Waals surface area contributed by atoms with Gasteiger partial charge < -0.3 is 4.90 Å².